The Morgan fingerprint density at radius 3 is 1.94 bits per heavy atom. The highest BCUT2D eigenvalue weighted by molar-refractivity contribution is 6.07. The van der Waals surface area contributed by atoms with Gasteiger partial charge in [-0.3, -0.25) is 38.9 Å². The standard InChI is InChI=1S/C34H36N6O8/c35-28(42)13-11-20(17-41)39-15-23-21(33(39)47)3-1-5-25(23)36-30(44)18-7-9-19(10-8-18)31(45)37-26-6-2-4-22-24(26)16-40(34(22)48)27-12-14-29(43)38-32(27)46/h1-6,17-20,27H,7-16H2,(H2,35,42)(H,36,44)(H,37,45)(H,38,43,46). The van der Waals surface area contributed by atoms with E-state index in [9.17, 15) is 38.4 Å². The number of nitrogens with two attached hydrogens (primary N) is 1. The first kappa shape index (κ1) is 32.5. The highest BCUT2D eigenvalue weighted by Crippen LogP contribution is 2.36. The average Bonchev–Trinajstić information content (AvgIpc) is 3.59. The molecule has 250 valence electrons. The summed E-state index contributed by atoms with van der Waals surface area (Å²) in [5.41, 5.74) is 8.20. The van der Waals surface area contributed by atoms with Crippen LogP contribution in [0.3, 0.4) is 0 Å². The highest BCUT2D eigenvalue weighted by atomic mass is 16.2. The van der Waals surface area contributed by atoms with Gasteiger partial charge in [-0.25, -0.2) is 0 Å². The van der Waals surface area contributed by atoms with Gasteiger partial charge in [-0.2, -0.15) is 0 Å². The molecule has 1 aliphatic carbocycles. The van der Waals surface area contributed by atoms with Crippen LogP contribution in [0.25, 0.3) is 0 Å². The van der Waals surface area contributed by atoms with Crippen molar-refractivity contribution in [3.05, 3.63) is 58.7 Å². The molecule has 1 saturated heterocycles. The first-order valence-corrected chi connectivity index (χ1v) is 16.1. The molecule has 1 saturated carbocycles. The van der Waals surface area contributed by atoms with Crippen molar-refractivity contribution in [1.29, 1.82) is 0 Å². The van der Waals surface area contributed by atoms with Crippen molar-refractivity contribution in [2.45, 2.75) is 76.5 Å². The summed E-state index contributed by atoms with van der Waals surface area (Å²) in [5, 5.41) is 8.20. The van der Waals surface area contributed by atoms with Gasteiger partial charge >= 0.3 is 0 Å². The predicted molar refractivity (Wildman–Crippen MR) is 170 cm³/mol. The Hall–Kier alpha value is -5.40. The lowest BCUT2D eigenvalue weighted by atomic mass is 9.81. The average molecular weight is 657 g/mol. The maximum absolute atomic E-state index is 13.3. The second-order valence-electron chi connectivity index (χ2n) is 12.7. The number of nitrogens with one attached hydrogen (secondary N) is 3. The molecule has 14 heteroatoms. The second-order valence-corrected chi connectivity index (χ2v) is 12.7. The van der Waals surface area contributed by atoms with Crippen LogP contribution >= 0.6 is 0 Å². The molecule has 5 N–H and O–H groups in total. The fourth-order valence-electron chi connectivity index (χ4n) is 7.12. The summed E-state index contributed by atoms with van der Waals surface area (Å²) in [4.78, 5) is 103. The molecular formula is C34H36N6O8. The highest BCUT2D eigenvalue weighted by Gasteiger charge is 2.41. The molecule has 3 aliphatic heterocycles. The smallest absolute Gasteiger partial charge is 0.255 e. The lowest BCUT2D eigenvalue weighted by molar-refractivity contribution is -0.137. The van der Waals surface area contributed by atoms with Crippen LogP contribution in [0.5, 0.6) is 0 Å². The number of benzene rings is 2. The van der Waals surface area contributed by atoms with Gasteiger partial charge in [-0.15, -0.1) is 0 Å². The quantitative estimate of drug-likeness (QED) is 0.218. The molecule has 2 aromatic carbocycles. The van der Waals surface area contributed by atoms with Gasteiger partial charge in [-0.1, -0.05) is 12.1 Å². The molecule has 2 unspecified atom stereocenters. The SMILES string of the molecule is NC(=O)CCC(C=O)N1Cc2c(NC(=O)C3CCC(C(=O)Nc4cccc5c4CN(C4CCC(=O)NC4=O)C5=O)CC3)cccc2C1=O. The number of fused-ring (bicyclic) bond motifs is 2. The summed E-state index contributed by atoms with van der Waals surface area (Å²) < 4.78 is 0. The van der Waals surface area contributed by atoms with Crippen molar-refractivity contribution in [2.75, 3.05) is 10.6 Å². The van der Waals surface area contributed by atoms with Gasteiger partial charge in [0.05, 0.1) is 6.04 Å². The third-order valence-electron chi connectivity index (χ3n) is 9.81. The topological polar surface area (TPSA) is 205 Å². The lowest BCUT2D eigenvalue weighted by Crippen LogP contribution is -2.52. The van der Waals surface area contributed by atoms with Crippen molar-refractivity contribution in [2.24, 2.45) is 17.6 Å². The molecule has 0 spiro atoms. The van der Waals surface area contributed by atoms with Gasteiger partial charge < -0.3 is 31.0 Å². The van der Waals surface area contributed by atoms with E-state index in [0.29, 0.717) is 65.6 Å². The molecule has 2 fully saturated rings. The summed E-state index contributed by atoms with van der Waals surface area (Å²) in [6.45, 7) is 0.249. The molecule has 2 aromatic rings. The number of primary amides is 1. The zero-order valence-electron chi connectivity index (χ0n) is 26.2. The van der Waals surface area contributed by atoms with E-state index in [1.165, 1.54) is 9.80 Å². The number of rotatable bonds is 10. The van der Waals surface area contributed by atoms with E-state index < -0.39 is 23.9 Å². The van der Waals surface area contributed by atoms with Crippen molar-refractivity contribution >= 4 is 59.0 Å². The molecule has 7 amide bonds. The van der Waals surface area contributed by atoms with Gasteiger partial charge in [0.2, 0.25) is 29.5 Å². The maximum atomic E-state index is 13.3. The fraction of sp³-hybridized carbons (Fsp3) is 0.412. The Morgan fingerprint density at radius 2 is 1.40 bits per heavy atom. The summed E-state index contributed by atoms with van der Waals surface area (Å²) >= 11 is 0. The first-order chi connectivity index (χ1) is 23.0. The van der Waals surface area contributed by atoms with Crippen molar-refractivity contribution in [1.82, 2.24) is 15.1 Å². The molecular weight excluding hydrogens is 620 g/mol. The summed E-state index contributed by atoms with van der Waals surface area (Å²) in [6.07, 6.45) is 2.98. The van der Waals surface area contributed by atoms with E-state index in [1.54, 1.807) is 36.4 Å². The third kappa shape index (κ3) is 6.29. The minimum absolute atomic E-state index is 0.0375. The van der Waals surface area contributed by atoms with Gasteiger partial charge in [0, 0.05) is 71.4 Å². The zero-order valence-corrected chi connectivity index (χ0v) is 26.2. The number of carbonyl (C=O) groups is 8. The number of piperidine rings is 1. The zero-order chi connectivity index (χ0) is 34.1. The minimum Gasteiger partial charge on any atom is -0.370 e. The molecule has 14 nitrogen and oxygen atoms in total. The Kier molecular flexibility index (Phi) is 9.07. The van der Waals surface area contributed by atoms with Crippen molar-refractivity contribution < 1.29 is 38.4 Å². The monoisotopic (exact) mass is 656 g/mol. The maximum Gasteiger partial charge on any atom is 0.255 e. The molecule has 48 heavy (non-hydrogen) atoms. The molecule has 0 aromatic heterocycles. The molecule has 4 aliphatic rings. The van der Waals surface area contributed by atoms with E-state index >= 15 is 0 Å². The second kappa shape index (κ2) is 13.4. The lowest BCUT2D eigenvalue weighted by Gasteiger charge is -2.29. The molecule has 0 bridgehead atoms. The Labute approximate surface area is 275 Å². The Bertz CT molecular complexity index is 1730. The number of hydrogen-bond donors (Lipinski definition) is 4. The van der Waals surface area contributed by atoms with Gasteiger partial charge in [0.25, 0.3) is 11.8 Å². The van der Waals surface area contributed by atoms with Crippen molar-refractivity contribution in [3.8, 4) is 0 Å². The number of anilines is 2. The number of hydrogen-bond acceptors (Lipinski definition) is 8. The fourth-order valence-corrected chi connectivity index (χ4v) is 7.12. The van der Waals surface area contributed by atoms with Crippen LogP contribution in [-0.4, -0.2) is 69.5 Å². The largest absolute Gasteiger partial charge is 0.370 e. The summed E-state index contributed by atoms with van der Waals surface area (Å²) in [6, 6.07) is 8.48. The van der Waals surface area contributed by atoms with E-state index in [0.717, 1.165) is 0 Å². The van der Waals surface area contributed by atoms with Crippen LogP contribution < -0.4 is 21.7 Å². The minimum atomic E-state index is -0.816. The molecule has 3 heterocycles. The van der Waals surface area contributed by atoms with Gasteiger partial charge in [0.15, 0.2) is 0 Å². The van der Waals surface area contributed by atoms with E-state index in [2.05, 4.69) is 16.0 Å². The summed E-state index contributed by atoms with van der Waals surface area (Å²) in [7, 11) is 0. The van der Waals surface area contributed by atoms with Crippen LogP contribution in [0, 0.1) is 11.8 Å². The number of aldehydes is 1. The van der Waals surface area contributed by atoms with E-state index in [1.807, 2.05) is 0 Å². The normalized spacial score (nSPS) is 22.5. The predicted octanol–water partition coefficient (Wildman–Crippen LogP) is 1.62. The number of imide groups is 1. The van der Waals surface area contributed by atoms with Crippen molar-refractivity contribution in [3.63, 3.8) is 0 Å². The Morgan fingerprint density at radius 1 is 0.833 bits per heavy atom. The number of carbonyl (C=O) groups excluding carboxylic acids is 8. The molecule has 0 radical (unpaired) electrons. The van der Waals surface area contributed by atoms with Crippen LogP contribution in [0.2, 0.25) is 0 Å². The summed E-state index contributed by atoms with van der Waals surface area (Å²) in [5.74, 6) is -3.24. The van der Waals surface area contributed by atoms with Crippen LogP contribution in [-0.2, 0) is 41.9 Å². The number of amides is 7. The first-order valence-electron chi connectivity index (χ1n) is 16.1. The van der Waals surface area contributed by atoms with Gasteiger partial charge in [-0.05, 0) is 62.8 Å². The molecule has 2 atom stereocenters. The van der Waals surface area contributed by atoms with Crippen LogP contribution in [0.4, 0.5) is 11.4 Å². The Balaban J connectivity index is 1.04. The number of nitrogens with zero attached hydrogens (tertiary/aromatic N) is 2. The van der Waals surface area contributed by atoms with E-state index in [-0.39, 0.29) is 80.1 Å². The van der Waals surface area contributed by atoms with E-state index in [4.69, 9.17) is 5.73 Å². The van der Waals surface area contributed by atoms with Gasteiger partial charge in [0.1, 0.15) is 12.3 Å². The van der Waals surface area contributed by atoms with Crippen LogP contribution in [0.15, 0.2) is 36.4 Å². The van der Waals surface area contributed by atoms with Crippen LogP contribution in [0.1, 0.15) is 83.2 Å². The molecule has 6 rings (SSSR count). The third-order valence-corrected chi connectivity index (χ3v) is 9.81.